The number of aromatic nitrogens is 2. The number of nitrogens with one attached hydrogen (secondary N) is 1. The first kappa shape index (κ1) is 26.3. The molecular formula is C29H30N4O3S2. The number of nitrogens with zero attached hydrogens (tertiary/aromatic N) is 3. The maximum Gasteiger partial charge on any atom is 0.341 e. The van der Waals surface area contributed by atoms with Crippen molar-refractivity contribution in [3.8, 4) is 6.07 Å². The van der Waals surface area contributed by atoms with Crippen LogP contribution in [0.2, 0.25) is 0 Å². The summed E-state index contributed by atoms with van der Waals surface area (Å²) in [4.78, 5) is 32.0. The molecule has 1 N–H and O–H groups in total. The summed E-state index contributed by atoms with van der Waals surface area (Å²) < 4.78 is 7.32. The molecule has 1 aromatic carbocycles. The van der Waals surface area contributed by atoms with Gasteiger partial charge in [-0.3, -0.25) is 9.20 Å². The molecule has 9 heteroatoms. The molecule has 0 saturated heterocycles. The van der Waals surface area contributed by atoms with Crippen molar-refractivity contribution in [2.24, 2.45) is 5.92 Å². The molecule has 1 aliphatic carbocycles. The van der Waals surface area contributed by atoms with Crippen LogP contribution in [0.15, 0.2) is 35.4 Å². The minimum Gasteiger partial charge on any atom is -0.462 e. The molecule has 7 nitrogen and oxygen atoms in total. The maximum absolute atomic E-state index is 13.2. The predicted molar refractivity (Wildman–Crippen MR) is 152 cm³/mol. The van der Waals surface area contributed by atoms with Crippen LogP contribution in [-0.2, 0) is 28.8 Å². The quantitative estimate of drug-likeness (QED) is 0.203. The lowest BCUT2D eigenvalue weighted by Gasteiger charge is -2.18. The summed E-state index contributed by atoms with van der Waals surface area (Å²) in [5.41, 5.74) is 5.38. The van der Waals surface area contributed by atoms with Crippen LogP contribution in [-0.4, -0.2) is 33.6 Å². The van der Waals surface area contributed by atoms with Crippen LogP contribution >= 0.6 is 23.1 Å². The molecule has 0 saturated carbocycles. The number of aryl methyl sites for hydroxylation is 2. The molecule has 0 fully saturated rings. The monoisotopic (exact) mass is 546 g/mol. The highest BCUT2D eigenvalue weighted by atomic mass is 32.2. The number of benzene rings is 1. The van der Waals surface area contributed by atoms with Gasteiger partial charge in [0.2, 0.25) is 5.91 Å². The average molecular weight is 547 g/mol. The highest BCUT2D eigenvalue weighted by Gasteiger charge is 2.29. The van der Waals surface area contributed by atoms with E-state index in [1.807, 2.05) is 34.7 Å². The Bertz CT molecular complexity index is 1580. The Kier molecular flexibility index (Phi) is 7.73. The zero-order valence-electron chi connectivity index (χ0n) is 21.8. The van der Waals surface area contributed by atoms with E-state index in [0.717, 1.165) is 64.2 Å². The molecule has 0 spiro atoms. The Hall–Kier alpha value is -3.35. The third-order valence-electron chi connectivity index (χ3n) is 6.85. The van der Waals surface area contributed by atoms with Gasteiger partial charge < -0.3 is 10.1 Å². The van der Waals surface area contributed by atoms with E-state index in [9.17, 15) is 14.9 Å². The van der Waals surface area contributed by atoms with Gasteiger partial charge in [-0.15, -0.1) is 11.3 Å². The second-order valence-electron chi connectivity index (χ2n) is 9.62. The second kappa shape index (κ2) is 11.2. The zero-order valence-corrected chi connectivity index (χ0v) is 23.4. The zero-order chi connectivity index (χ0) is 26.8. The number of esters is 1. The first-order valence-electron chi connectivity index (χ1n) is 13.0. The van der Waals surface area contributed by atoms with Gasteiger partial charge in [-0.25, -0.2) is 9.78 Å². The fraction of sp³-hybridized carbons (Fsp3) is 0.379. The molecule has 0 aliphatic heterocycles. The molecule has 1 atom stereocenters. The minimum absolute atomic E-state index is 0.153. The van der Waals surface area contributed by atoms with E-state index in [0.29, 0.717) is 27.7 Å². The van der Waals surface area contributed by atoms with Crippen LogP contribution in [0.4, 0.5) is 5.00 Å². The predicted octanol–water partition coefficient (Wildman–Crippen LogP) is 6.41. The van der Waals surface area contributed by atoms with Crippen LogP contribution in [0.3, 0.4) is 0 Å². The summed E-state index contributed by atoms with van der Waals surface area (Å²) in [6, 6.07) is 12.1. The summed E-state index contributed by atoms with van der Waals surface area (Å²) in [6.07, 6.45) is 4.46. The fourth-order valence-corrected chi connectivity index (χ4v) is 7.25. The van der Waals surface area contributed by atoms with Gasteiger partial charge in [-0.05, 0) is 67.9 Å². The van der Waals surface area contributed by atoms with Gasteiger partial charge in [-0.2, -0.15) is 5.26 Å². The largest absolute Gasteiger partial charge is 0.462 e. The van der Waals surface area contributed by atoms with E-state index < -0.39 is 0 Å². The Labute approximate surface area is 230 Å². The Morgan fingerprint density at radius 2 is 2.13 bits per heavy atom. The number of fused-ring (bicyclic) bond motifs is 4. The van der Waals surface area contributed by atoms with E-state index in [1.165, 1.54) is 23.1 Å². The van der Waals surface area contributed by atoms with Crippen molar-refractivity contribution in [1.29, 1.82) is 5.26 Å². The highest BCUT2D eigenvalue weighted by Crippen LogP contribution is 2.40. The number of rotatable bonds is 8. The summed E-state index contributed by atoms with van der Waals surface area (Å²) in [7, 11) is 0. The number of amides is 1. The van der Waals surface area contributed by atoms with E-state index in [-0.39, 0.29) is 24.2 Å². The molecule has 196 valence electrons. The lowest BCUT2D eigenvalue weighted by atomic mass is 9.88. The molecule has 1 amide bonds. The normalized spacial score (nSPS) is 14.8. The topological polar surface area (TPSA) is 96.5 Å². The van der Waals surface area contributed by atoms with Crippen molar-refractivity contribution in [3.63, 3.8) is 0 Å². The van der Waals surface area contributed by atoms with Crippen molar-refractivity contribution in [2.45, 2.75) is 57.9 Å². The van der Waals surface area contributed by atoms with Gasteiger partial charge in [0, 0.05) is 4.88 Å². The lowest BCUT2D eigenvalue weighted by molar-refractivity contribution is -0.113. The molecule has 1 aliphatic rings. The Morgan fingerprint density at radius 1 is 1.32 bits per heavy atom. The van der Waals surface area contributed by atoms with Crippen molar-refractivity contribution < 1.29 is 14.3 Å². The van der Waals surface area contributed by atoms with Crippen LogP contribution in [0.25, 0.3) is 16.7 Å². The van der Waals surface area contributed by atoms with E-state index in [2.05, 4.69) is 25.2 Å². The van der Waals surface area contributed by atoms with Crippen molar-refractivity contribution in [2.75, 3.05) is 17.7 Å². The van der Waals surface area contributed by atoms with Crippen LogP contribution in [0, 0.1) is 17.2 Å². The second-order valence-corrected chi connectivity index (χ2v) is 11.7. The third-order valence-corrected chi connectivity index (χ3v) is 9.06. The Morgan fingerprint density at radius 3 is 2.89 bits per heavy atom. The lowest BCUT2D eigenvalue weighted by Crippen LogP contribution is -2.18. The third kappa shape index (κ3) is 4.91. The number of hydrogen-bond donors (Lipinski definition) is 1. The minimum atomic E-state index is -0.370. The Balaban J connectivity index is 1.45. The van der Waals surface area contributed by atoms with Crippen molar-refractivity contribution >= 4 is 56.7 Å². The number of pyridine rings is 1. The molecule has 5 rings (SSSR count). The van der Waals surface area contributed by atoms with Crippen molar-refractivity contribution in [1.82, 2.24) is 9.38 Å². The number of carbonyl (C=O) groups excluding carboxylic acids is 2. The first-order chi connectivity index (χ1) is 18.4. The molecule has 1 unspecified atom stereocenters. The van der Waals surface area contributed by atoms with E-state index in [1.54, 1.807) is 6.92 Å². The first-order valence-corrected chi connectivity index (χ1v) is 14.8. The number of nitriles is 1. The summed E-state index contributed by atoms with van der Waals surface area (Å²) >= 11 is 2.90. The van der Waals surface area contributed by atoms with Gasteiger partial charge in [0.25, 0.3) is 0 Å². The van der Waals surface area contributed by atoms with E-state index >= 15 is 0 Å². The molecule has 38 heavy (non-hydrogen) atoms. The summed E-state index contributed by atoms with van der Waals surface area (Å²) in [5.74, 6) is 0.0851. The SMILES string of the molecule is CCCc1cc(SCC(=O)Nc2sc3c(c2C(=O)OCC)CC(C)CC3)n2c(nc3ccccc32)c1C#N. The molecule has 0 bridgehead atoms. The van der Waals surface area contributed by atoms with Gasteiger partial charge in [-0.1, -0.05) is 44.2 Å². The van der Waals surface area contributed by atoms with Gasteiger partial charge in [0.15, 0.2) is 5.65 Å². The number of para-hydroxylation sites is 2. The standard InChI is InChI=1S/C29H30N4O3S2/c1-4-8-18-14-25(33-22-10-7-6-9-21(22)31-27(33)20(18)15-30)37-16-24(34)32-28-26(29(35)36-5-2)19-13-17(3)11-12-23(19)38-28/h6-7,9-10,14,17H,4-5,8,11-13,16H2,1-3H3,(H,32,34). The number of thioether (sulfide) groups is 1. The molecular weight excluding hydrogens is 516 g/mol. The molecule has 4 aromatic rings. The highest BCUT2D eigenvalue weighted by molar-refractivity contribution is 7.99. The van der Waals surface area contributed by atoms with Crippen LogP contribution in [0.1, 0.15) is 65.5 Å². The number of carbonyl (C=O) groups is 2. The van der Waals surface area contributed by atoms with Crippen molar-refractivity contribution in [3.05, 3.63) is 57.5 Å². The number of thiophene rings is 1. The van der Waals surface area contributed by atoms with Gasteiger partial charge in [0.05, 0.1) is 39.5 Å². The van der Waals surface area contributed by atoms with Crippen LogP contribution in [0.5, 0.6) is 0 Å². The number of imidazole rings is 1. The maximum atomic E-state index is 13.2. The van der Waals surface area contributed by atoms with Gasteiger partial charge in [0.1, 0.15) is 11.1 Å². The number of hydrogen-bond acceptors (Lipinski definition) is 7. The van der Waals surface area contributed by atoms with Gasteiger partial charge >= 0.3 is 5.97 Å². The molecule has 0 radical (unpaired) electrons. The van der Waals surface area contributed by atoms with Crippen LogP contribution < -0.4 is 5.32 Å². The number of anilines is 1. The summed E-state index contributed by atoms with van der Waals surface area (Å²) in [6.45, 7) is 6.35. The molecule has 3 heterocycles. The molecule has 3 aromatic heterocycles. The fourth-order valence-electron chi connectivity index (χ4n) is 5.11. The number of ether oxygens (including phenoxy) is 1. The average Bonchev–Trinajstić information content (AvgIpc) is 3.45. The van der Waals surface area contributed by atoms with E-state index in [4.69, 9.17) is 9.72 Å². The summed E-state index contributed by atoms with van der Waals surface area (Å²) in [5, 5.41) is 14.4. The smallest absolute Gasteiger partial charge is 0.341 e.